The number of benzene rings is 2. The van der Waals surface area contributed by atoms with Crippen molar-refractivity contribution in [1.82, 2.24) is 25.4 Å². The van der Waals surface area contributed by atoms with Crippen LogP contribution in [0.2, 0.25) is 0 Å². The molecular weight excluding hydrogens is 479 g/mol. The fraction of sp³-hybridized carbons (Fsp3) is 0.286. The van der Waals surface area contributed by atoms with Crippen molar-refractivity contribution in [3.8, 4) is 5.75 Å². The quantitative estimate of drug-likeness (QED) is 0.293. The van der Waals surface area contributed by atoms with Crippen LogP contribution < -0.4 is 15.4 Å². The third-order valence-corrected chi connectivity index (χ3v) is 4.45. The van der Waals surface area contributed by atoms with Crippen LogP contribution in [0.15, 0.2) is 59.6 Å². The van der Waals surface area contributed by atoms with Gasteiger partial charge in [-0.05, 0) is 30.2 Å². The van der Waals surface area contributed by atoms with Crippen molar-refractivity contribution >= 4 is 29.9 Å². The number of nitrogens with zero attached hydrogens (tertiary/aromatic N) is 4. The van der Waals surface area contributed by atoms with Gasteiger partial charge >= 0.3 is 0 Å². The van der Waals surface area contributed by atoms with E-state index in [9.17, 15) is 0 Å². The van der Waals surface area contributed by atoms with Gasteiger partial charge in [0.25, 0.3) is 0 Å². The Hall–Kier alpha value is -2.62. The maximum absolute atomic E-state index is 5.29. The predicted molar refractivity (Wildman–Crippen MR) is 125 cm³/mol. The Kier molecular flexibility index (Phi) is 8.91. The van der Waals surface area contributed by atoms with Crippen molar-refractivity contribution in [1.29, 1.82) is 0 Å². The van der Waals surface area contributed by atoms with Gasteiger partial charge in [-0.25, -0.2) is 4.99 Å². The van der Waals surface area contributed by atoms with Crippen LogP contribution in [0.4, 0.5) is 0 Å². The number of halogens is 1. The molecule has 0 atom stereocenters. The van der Waals surface area contributed by atoms with Crippen LogP contribution in [0.1, 0.15) is 22.8 Å². The second kappa shape index (κ2) is 11.4. The van der Waals surface area contributed by atoms with E-state index in [-0.39, 0.29) is 24.0 Å². The van der Waals surface area contributed by atoms with Gasteiger partial charge in [-0.3, -0.25) is 0 Å². The molecule has 0 aliphatic rings. The van der Waals surface area contributed by atoms with Crippen molar-refractivity contribution < 1.29 is 4.74 Å². The number of hydrogen-bond acceptors (Lipinski definition) is 4. The number of aryl methyl sites for hydroxylation is 1. The Morgan fingerprint density at radius 3 is 2.41 bits per heavy atom. The molecule has 0 saturated heterocycles. The minimum atomic E-state index is 0. The molecule has 3 aromatic rings. The first-order chi connectivity index (χ1) is 13.7. The molecule has 0 aliphatic carbocycles. The first-order valence-corrected chi connectivity index (χ1v) is 9.19. The monoisotopic (exact) mass is 506 g/mol. The average Bonchev–Trinajstić information content (AvgIpc) is 3.06. The van der Waals surface area contributed by atoms with Crippen LogP contribution in [0.25, 0.3) is 0 Å². The third-order valence-electron chi connectivity index (χ3n) is 4.45. The van der Waals surface area contributed by atoms with Crippen molar-refractivity contribution in [3.63, 3.8) is 0 Å². The Morgan fingerprint density at radius 1 is 1.00 bits per heavy atom. The van der Waals surface area contributed by atoms with E-state index < -0.39 is 0 Å². The fourth-order valence-corrected chi connectivity index (χ4v) is 2.66. The van der Waals surface area contributed by atoms with Crippen molar-refractivity contribution in [2.24, 2.45) is 12.0 Å². The number of aliphatic imine (C=N–C) groups is 1. The van der Waals surface area contributed by atoms with E-state index in [0.29, 0.717) is 25.6 Å². The van der Waals surface area contributed by atoms with Gasteiger partial charge in [0.15, 0.2) is 11.8 Å². The van der Waals surface area contributed by atoms with Crippen LogP contribution in [0, 0.1) is 6.92 Å². The standard InChI is InChI=1S/C21H26N6O.HI/c1-16-25-26-20(27(16)2)15-24-21(22-13-17-8-5-4-6-9-17)23-14-18-10-7-11-19(12-18)28-3;/h4-12H,13-15H2,1-3H3,(H2,22,23,24);1H. The van der Waals surface area contributed by atoms with Crippen LogP contribution >= 0.6 is 24.0 Å². The van der Waals surface area contributed by atoms with Gasteiger partial charge < -0.3 is 19.9 Å². The maximum atomic E-state index is 5.29. The first kappa shape index (κ1) is 22.7. The molecular formula is C21H27IN6O. The second-order valence-corrected chi connectivity index (χ2v) is 6.43. The van der Waals surface area contributed by atoms with E-state index in [2.05, 4.69) is 33.0 Å². The van der Waals surface area contributed by atoms with E-state index in [1.165, 1.54) is 5.56 Å². The first-order valence-electron chi connectivity index (χ1n) is 9.19. The van der Waals surface area contributed by atoms with Gasteiger partial charge in [0, 0.05) is 13.6 Å². The number of rotatable bonds is 7. The summed E-state index contributed by atoms with van der Waals surface area (Å²) in [7, 11) is 3.62. The van der Waals surface area contributed by atoms with Crippen molar-refractivity contribution in [2.45, 2.75) is 26.6 Å². The zero-order valence-electron chi connectivity index (χ0n) is 16.9. The zero-order valence-corrected chi connectivity index (χ0v) is 19.3. The summed E-state index contributed by atoms with van der Waals surface area (Å²) in [5, 5.41) is 15.0. The lowest BCUT2D eigenvalue weighted by Crippen LogP contribution is -2.37. The normalized spacial score (nSPS) is 10.9. The molecule has 154 valence electrons. The average molecular weight is 506 g/mol. The summed E-state index contributed by atoms with van der Waals surface area (Å²) in [5.74, 6) is 3.28. The van der Waals surface area contributed by atoms with E-state index >= 15 is 0 Å². The van der Waals surface area contributed by atoms with Gasteiger partial charge in [0.1, 0.15) is 11.6 Å². The second-order valence-electron chi connectivity index (χ2n) is 6.43. The molecule has 1 aromatic heterocycles. The molecule has 2 aromatic carbocycles. The molecule has 7 nitrogen and oxygen atoms in total. The van der Waals surface area contributed by atoms with Crippen LogP contribution in [-0.2, 0) is 26.7 Å². The largest absolute Gasteiger partial charge is 0.497 e. The number of ether oxygens (including phenoxy) is 1. The Balaban J connectivity index is 0.00000300. The van der Waals surface area contributed by atoms with Crippen LogP contribution in [-0.4, -0.2) is 27.8 Å². The number of hydrogen-bond donors (Lipinski definition) is 2. The van der Waals surface area contributed by atoms with E-state index in [4.69, 9.17) is 9.73 Å². The lowest BCUT2D eigenvalue weighted by molar-refractivity contribution is 0.414. The lowest BCUT2D eigenvalue weighted by atomic mass is 10.2. The third kappa shape index (κ3) is 6.74. The molecule has 8 heteroatoms. The fourth-order valence-electron chi connectivity index (χ4n) is 2.66. The van der Waals surface area contributed by atoms with Gasteiger partial charge in [0.2, 0.25) is 0 Å². The minimum Gasteiger partial charge on any atom is -0.497 e. The van der Waals surface area contributed by atoms with Crippen LogP contribution in [0.5, 0.6) is 5.75 Å². The molecule has 29 heavy (non-hydrogen) atoms. The van der Waals surface area contributed by atoms with Gasteiger partial charge in [-0.1, -0.05) is 42.5 Å². The zero-order chi connectivity index (χ0) is 19.8. The summed E-state index contributed by atoms with van der Waals surface area (Å²) in [4.78, 5) is 4.72. The predicted octanol–water partition coefficient (Wildman–Crippen LogP) is 3.19. The van der Waals surface area contributed by atoms with E-state index in [0.717, 1.165) is 23.0 Å². The summed E-state index contributed by atoms with van der Waals surface area (Å²) in [6, 6.07) is 18.2. The molecule has 0 bridgehead atoms. The number of methoxy groups -OCH3 is 1. The molecule has 0 unspecified atom stereocenters. The Morgan fingerprint density at radius 2 is 1.72 bits per heavy atom. The number of guanidine groups is 1. The van der Waals surface area contributed by atoms with Crippen molar-refractivity contribution in [2.75, 3.05) is 7.11 Å². The highest BCUT2D eigenvalue weighted by molar-refractivity contribution is 14.0. The van der Waals surface area contributed by atoms with Crippen molar-refractivity contribution in [3.05, 3.63) is 77.4 Å². The highest BCUT2D eigenvalue weighted by atomic mass is 127. The Bertz CT molecular complexity index is 926. The van der Waals surface area contributed by atoms with Crippen LogP contribution in [0.3, 0.4) is 0 Å². The Labute approximate surface area is 188 Å². The molecule has 0 radical (unpaired) electrons. The van der Waals surface area contributed by atoms with E-state index in [1.807, 2.05) is 61.0 Å². The van der Waals surface area contributed by atoms with E-state index in [1.54, 1.807) is 7.11 Å². The number of aromatic nitrogens is 3. The van der Waals surface area contributed by atoms with Gasteiger partial charge in [0.05, 0.1) is 20.2 Å². The molecule has 0 spiro atoms. The molecule has 3 rings (SSSR count). The lowest BCUT2D eigenvalue weighted by Gasteiger charge is -2.13. The topological polar surface area (TPSA) is 76.4 Å². The molecule has 0 saturated carbocycles. The van der Waals surface area contributed by atoms with Gasteiger partial charge in [-0.2, -0.15) is 0 Å². The molecule has 0 aliphatic heterocycles. The molecule has 1 heterocycles. The summed E-state index contributed by atoms with van der Waals surface area (Å²) in [6.45, 7) is 3.69. The van der Waals surface area contributed by atoms with Gasteiger partial charge in [-0.15, -0.1) is 34.2 Å². The summed E-state index contributed by atoms with van der Waals surface area (Å²) in [6.07, 6.45) is 0. The number of nitrogens with one attached hydrogen (secondary N) is 2. The summed E-state index contributed by atoms with van der Waals surface area (Å²) < 4.78 is 7.25. The molecule has 2 N–H and O–H groups in total. The molecule has 0 fully saturated rings. The SMILES string of the molecule is COc1cccc(CN=C(NCc2ccccc2)NCc2nnc(C)n2C)c1.I. The summed E-state index contributed by atoms with van der Waals surface area (Å²) in [5.41, 5.74) is 2.27. The highest BCUT2D eigenvalue weighted by Gasteiger charge is 2.06. The maximum Gasteiger partial charge on any atom is 0.192 e. The minimum absolute atomic E-state index is 0. The molecule has 0 amide bonds. The summed E-state index contributed by atoms with van der Waals surface area (Å²) >= 11 is 0. The highest BCUT2D eigenvalue weighted by Crippen LogP contribution is 2.13. The smallest absolute Gasteiger partial charge is 0.192 e.